The normalized spacial score (nSPS) is 10.1. The van der Waals surface area contributed by atoms with Gasteiger partial charge in [0.2, 0.25) is 17.8 Å². The minimum atomic E-state index is 0.477. The molecule has 0 aliphatic carbocycles. The van der Waals surface area contributed by atoms with Crippen LogP contribution in [0.2, 0.25) is 5.02 Å². The van der Waals surface area contributed by atoms with Crippen molar-refractivity contribution in [3.8, 4) is 0 Å². The molecule has 0 bridgehead atoms. The number of benzene rings is 1. The second-order valence-electron chi connectivity index (χ2n) is 4.06. The van der Waals surface area contributed by atoms with E-state index in [4.69, 9.17) is 11.6 Å². The van der Waals surface area contributed by atoms with Gasteiger partial charge in [0.1, 0.15) is 0 Å². The summed E-state index contributed by atoms with van der Waals surface area (Å²) in [6, 6.07) is 7.33. The van der Waals surface area contributed by atoms with E-state index in [1.807, 2.05) is 31.1 Å². The highest BCUT2D eigenvalue weighted by Crippen LogP contribution is 2.18. The molecule has 0 spiro atoms. The predicted molar refractivity (Wildman–Crippen MR) is 78.4 cm³/mol. The molecule has 1 heterocycles. The Hall–Kier alpha value is -2.08. The average molecular weight is 279 g/mol. The summed E-state index contributed by atoms with van der Waals surface area (Å²) in [5.74, 6) is 1.57. The molecule has 6 nitrogen and oxygen atoms in total. The Morgan fingerprint density at radius 3 is 2.21 bits per heavy atom. The molecule has 0 aliphatic rings. The summed E-state index contributed by atoms with van der Waals surface area (Å²) in [5.41, 5.74) is 0.863. The van der Waals surface area contributed by atoms with Gasteiger partial charge in [-0.25, -0.2) is 0 Å². The fraction of sp³-hybridized carbons (Fsp3) is 0.250. The highest BCUT2D eigenvalue weighted by atomic mass is 35.5. The van der Waals surface area contributed by atoms with E-state index in [1.54, 1.807) is 19.2 Å². The van der Waals surface area contributed by atoms with Gasteiger partial charge in [0.25, 0.3) is 0 Å². The van der Waals surface area contributed by atoms with Crippen molar-refractivity contribution in [2.45, 2.75) is 0 Å². The molecule has 1 aromatic heterocycles. The van der Waals surface area contributed by atoms with Crippen molar-refractivity contribution in [3.63, 3.8) is 0 Å². The van der Waals surface area contributed by atoms with Crippen LogP contribution in [-0.2, 0) is 0 Å². The van der Waals surface area contributed by atoms with Crippen molar-refractivity contribution in [2.75, 3.05) is 36.7 Å². The average Bonchev–Trinajstić information content (AvgIpc) is 2.41. The smallest absolute Gasteiger partial charge is 0.233 e. The highest BCUT2D eigenvalue weighted by Gasteiger charge is 2.07. The van der Waals surface area contributed by atoms with Gasteiger partial charge in [-0.3, -0.25) is 0 Å². The molecule has 19 heavy (non-hydrogen) atoms. The van der Waals surface area contributed by atoms with Crippen LogP contribution in [0.5, 0.6) is 0 Å². The molecule has 0 saturated carbocycles. The van der Waals surface area contributed by atoms with E-state index in [2.05, 4.69) is 25.6 Å². The number of nitrogens with zero attached hydrogens (tertiary/aromatic N) is 4. The van der Waals surface area contributed by atoms with Gasteiger partial charge in [-0.1, -0.05) is 11.6 Å². The maximum Gasteiger partial charge on any atom is 0.233 e. The van der Waals surface area contributed by atoms with E-state index >= 15 is 0 Å². The highest BCUT2D eigenvalue weighted by molar-refractivity contribution is 6.30. The van der Waals surface area contributed by atoms with Crippen LogP contribution in [-0.4, -0.2) is 36.1 Å². The summed E-state index contributed by atoms with van der Waals surface area (Å²) in [4.78, 5) is 14.6. The number of hydrogen-bond donors (Lipinski definition) is 2. The summed E-state index contributed by atoms with van der Waals surface area (Å²) in [7, 11) is 5.52. The molecule has 7 heteroatoms. The third-order valence-electron chi connectivity index (χ3n) is 2.35. The molecule has 0 aliphatic heterocycles. The largest absolute Gasteiger partial charge is 0.357 e. The summed E-state index contributed by atoms with van der Waals surface area (Å²) in [5, 5.41) is 6.71. The number of nitrogens with one attached hydrogen (secondary N) is 2. The number of rotatable bonds is 4. The summed E-state index contributed by atoms with van der Waals surface area (Å²) >= 11 is 5.84. The summed E-state index contributed by atoms with van der Waals surface area (Å²) in [6.45, 7) is 0. The van der Waals surface area contributed by atoms with Crippen molar-refractivity contribution in [3.05, 3.63) is 29.3 Å². The lowest BCUT2D eigenvalue weighted by atomic mass is 10.3. The monoisotopic (exact) mass is 278 g/mol. The molecule has 0 radical (unpaired) electrons. The topological polar surface area (TPSA) is 66.0 Å². The molecule has 0 saturated heterocycles. The van der Waals surface area contributed by atoms with Crippen LogP contribution < -0.4 is 15.5 Å². The van der Waals surface area contributed by atoms with Gasteiger partial charge >= 0.3 is 0 Å². The van der Waals surface area contributed by atoms with Crippen LogP contribution in [0.1, 0.15) is 0 Å². The predicted octanol–water partition coefficient (Wildman–Crippen LogP) is 2.38. The maximum atomic E-state index is 5.84. The molecular formula is C12H15ClN6. The Morgan fingerprint density at radius 1 is 1.00 bits per heavy atom. The minimum Gasteiger partial charge on any atom is -0.357 e. The van der Waals surface area contributed by atoms with Crippen LogP contribution in [0.25, 0.3) is 0 Å². The SMILES string of the molecule is CNc1nc(Nc2ccc(Cl)cc2)nc(N(C)C)n1. The molecule has 2 rings (SSSR count). The zero-order valence-corrected chi connectivity index (χ0v) is 11.7. The van der Waals surface area contributed by atoms with Crippen molar-refractivity contribution in [1.82, 2.24) is 15.0 Å². The van der Waals surface area contributed by atoms with Crippen molar-refractivity contribution >= 4 is 35.1 Å². The molecule has 2 N–H and O–H groups in total. The van der Waals surface area contributed by atoms with Gasteiger partial charge in [-0.05, 0) is 24.3 Å². The third-order valence-corrected chi connectivity index (χ3v) is 2.60. The number of aromatic nitrogens is 3. The molecule has 2 aromatic rings. The van der Waals surface area contributed by atoms with E-state index in [9.17, 15) is 0 Å². The number of halogens is 1. The first-order valence-corrected chi connectivity index (χ1v) is 6.10. The zero-order chi connectivity index (χ0) is 13.8. The molecule has 0 atom stereocenters. The fourth-order valence-electron chi connectivity index (χ4n) is 1.39. The number of hydrogen-bond acceptors (Lipinski definition) is 6. The van der Waals surface area contributed by atoms with Crippen LogP contribution in [0, 0.1) is 0 Å². The van der Waals surface area contributed by atoms with Crippen LogP contribution in [0.3, 0.4) is 0 Å². The fourth-order valence-corrected chi connectivity index (χ4v) is 1.52. The van der Waals surface area contributed by atoms with Crippen molar-refractivity contribution in [1.29, 1.82) is 0 Å². The first-order chi connectivity index (χ1) is 9.08. The van der Waals surface area contributed by atoms with Gasteiger partial charge in [0.05, 0.1) is 0 Å². The van der Waals surface area contributed by atoms with Gasteiger partial charge in [-0.15, -0.1) is 0 Å². The Kier molecular flexibility index (Phi) is 4.01. The van der Waals surface area contributed by atoms with E-state index in [1.165, 1.54) is 0 Å². The molecule has 0 unspecified atom stereocenters. The van der Waals surface area contributed by atoms with Gasteiger partial charge in [0, 0.05) is 31.9 Å². The van der Waals surface area contributed by atoms with E-state index in [-0.39, 0.29) is 0 Å². The Labute approximate surface area is 116 Å². The van der Waals surface area contributed by atoms with Crippen LogP contribution >= 0.6 is 11.6 Å². The van der Waals surface area contributed by atoms with Crippen LogP contribution in [0.4, 0.5) is 23.5 Å². The minimum absolute atomic E-state index is 0.477. The van der Waals surface area contributed by atoms with Gasteiger partial charge in [0.15, 0.2) is 0 Å². The second kappa shape index (κ2) is 5.71. The van der Waals surface area contributed by atoms with Crippen molar-refractivity contribution in [2.24, 2.45) is 0 Å². The quantitative estimate of drug-likeness (QED) is 0.895. The first kappa shape index (κ1) is 13.4. The van der Waals surface area contributed by atoms with E-state index < -0.39 is 0 Å². The summed E-state index contributed by atoms with van der Waals surface area (Å²) in [6.07, 6.45) is 0. The first-order valence-electron chi connectivity index (χ1n) is 5.72. The molecule has 100 valence electrons. The van der Waals surface area contributed by atoms with E-state index in [0.717, 1.165) is 5.69 Å². The van der Waals surface area contributed by atoms with Crippen molar-refractivity contribution < 1.29 is 0 Å². The lowest BCUT2D eigenvalue weighted by Gasteiger charge is -2.13. The Bertz CT molecular complexity index is 555. The summed E-state index contributed by atoms with van der Waals surface area (Å²) < 4.78 is 0. The molecule has 0 amide bonds. The number of anilines is 4. The van der Waals surface area contributed by atoms with E-state index in [0.29, 0.717) is 22.9 Å². The van der Waals surface area contributed by atoms with Crippen LogP contribution in [0.15, 0.2) is 24.3 Å². The molecule has 0 fully saturated rings. The third kappa shape index (κ3) is 3.45. The molecule has 1 aromatic carbocycles. The maximum absolute atomic E-state index is 5.84. The standard InChI is InChI=1S/C12H15ClN6/c1-14-10-16-11(18-12(17-10)19(2)3)15-9-6-4-8(13)5-7-9/h4-7H,1-3H3,(H2,14,15,16,17,18). The zero-order valence-electron chi connectivity index (χ0n) is 11.0. The Morgan fingerprint density at radius 2 is 1.63 bits per heavy atom. The lowest BCUT2D eigenvalue weighted by molar-refractivity contribution is 0.963. The van der Waals surface area contributed by atoms with Gasteiger partial charge in [-0.2, -0.15) is 15.0 Å². The van der Waals surface area contributed by atoms with Gasteiger partial charge < -0.3 is 15.5 Å². The second-order valence-corrected chi connectivity index (χ2v) is 4.50. The Balaban J connectivity index is 2.28. The molecular weight excluding hydrogens is 264 g/mol. The lowest BCUT2D eigenvalue weighted by Crippen LogP contribution is -2.15.